The Balaban J connectivity index is 1.90. The number of rotatable bonds is 5. The standard InChI is InChI=1S/C18H21NO4S/c1-22-17-11-10-14(12-18(17)23-2)24(20,21)19-16-9-5-7-13-6-3-4-8-15(13)16/h3-4,6,8,10-12,16,19H,5,7,9H2,1-2H3/t16-/m0/s1. The Morgan fingerprint density at radius 3 is 2.54 bits per heavy atom. The first kappa shape index (κ1) is 16.8. The third-order valence-electron chi connectivity index (χ3n) is 4.33. The van der Waals surface area contributed by atoms with Crippen LogP contribution in [0.5, 0.6) is 11.5 Å². The number of benzene rings is 2. The van der Waals surface area contributed by atoms with Crippen LogP contribution in [0, 0.1) is 0 Å². The van der Waals surface area contributed by atoms with E-state index in [4.69, 9.17) is 9.47 Å². The van der Waals surface area contributed by atoms with Crippen LogP contribution in [0.2, 0.25) is 0 Å². The predicted molar refractivity (Wildman–Crippen MR) is 92.0 cm³/mol. The summed E-state index contributed by atoms with van der Waals surface area (Å²) in [4.78, 5) is 0.170. The third kappa shape index (κ3) is 3.25. The minimum atomic E-state index is -3.65. The molecule has 24 heavy (non-hydrogen) atoms. The number of ether oxygens (including phenoxy) is 2. The van der Waals surface area contributed by atoms with Crippen LogP contribution in [0.25, 0.3) is 0 Å². The molecule has 3 rings (SSSR count). The Bertz CT molecular complexity index is 833. The summed E-state index contributed by atoms with van der Waals surface area (Å²) in [5.41, 5.74) is 2.27. The van der Waals surface area contributed by atoms with Gasteiger partial charge >= 0.3 is 0 Å². The zero-order chi connectivity index (χ0) is 17.2. The van der Waals surface area contributed by atoms with Crippen molar-refractivity contribution in [3.63, 3.8) is 0 Å². The van der Waals surface area contributed by atoms with Crippen LogP contribution in [0.3, 0.4) is 0 Å². The van der Waals surface area contributed by atoms with Gasteiger partial charge in [0, 0.05) is 12.1 Å². The Morgan fingerprint density at radius 2 is 1.79 bits per heavy atom. The van der Waals surface area contributed by atoms with Crippen molar-refractivity contribution in [2.75, 3.05) is 14.2 Å². The molecule has 0 unspecified atom stereocenters. The van der Waals surface area contributed by atoms with Crippen molar-refractivity contribution in [2.45, 2.75) is 30.2 Å². The highest BCUT2D eigenvalue weighted by molar-refractivity contribution is 7.89. The highest BCUT2D eigenvalue weighted by atomic mass is 32.2. The summed E-state index contributed by atoms with van der Waals surface area (Å²) in [6.45, 7) is 0. The molecule has 1 atom stereocenters. The van der Waals surface area contributed by atoms with Crippen LogP contribution in [0.1, 0.15) is 30.0 Å². The van der Waals surface area contributed by atoms with Crippen molar-refractivity contribution in [3.05, 3.63) is 53.6 Å². The smallest absolute Gasteiger partial charge is 0.241 e. The molecule has 0 radical (unpaired) electrons. The van der Waals surface area contributed by atoms with E-state index >= 15 is 0 Å². The number of nitrogens with one attached hydrogen (secondary N) is 1. The van der Waals surface area contributed by atoms with Gasteiger partial charge in [0.15, 0.2) is 11.5 Å². The van der Waals surface area contributed by atoms with Crippen molar-refractivity contribution in [3.8, 4) is 11.5 Å². The molecule has 0 heterocycles. The molecule has 0 aromatic heterocycles. The molecule has 1 aliphatic carbocycles. The lowest BCUT2D eigenvalue weighted by Crippen LogP contribution is -2.31. The SMILES string of the molecule is COc1ccc(S(=O)(=O)N[C@H]2CCCc3ccccc32)cc1OC. The number of hydrogen-bond donors (Lipinski definition) is 1. The van der Waals surface area contributed by atoms with E-state index in [9.17, 15) is 8.42 Å². The molecule has 1 N–H and O–H groups in total. The van der Waals surface area contributed by atoms with Gasteiger partial charge in [0.25, 0.3) is 0 Å². The molecule has 0 aliphatic heterocycles. The van der Waals surface area contributed by atoms with E-state index in [0.717, 1.165) is 24.8 Å². The monoisotopic (exact) mass is 347 g/mol. The van der Waals surface area contributed by atoms with Gasteiger partial charge in [0.2, 0.25) is 10.0 Å². The van der Waals surface area contributed by atoms with Crippen molar-refractivity contribution < 1.29 is 17.9 Å². The fourth-order valence-electron chi connectivity index (χ4n) is 3.12. The van der Waals surface area contributed by atoms with Crippen LogP contribution in [-0.4, -0.2) is 22.6 Å². The Morgan fingerprint density at radius 1 is 1.04 bits per heavy atom. The Hall–Kier alpha value is -2.05. The lowest BCUT2D eigenvalue weighted by Gasteiger charge is -2.26. The predicted octanol–water partition coefficient (Wildman–Crippen LogP) is 3.06. The van der Waals surface area contributed by atoms with Crippen LogP contribution >= 0.6 is 0 Å². The molecule has 6 heteroatoms. The zero-order valence-electron chi connectivity index (χ0n) is 13.8. The normalized spacial score (nSPS) is 17.2. The molecule has 0 saturated carbocycles. The van der Waals surface area contributed by atoms with Crippen LogP contribution in [-0.2, 0) is 16.4 Å². The minimum Gasteiger partial charge on any atom is -0.493 e. The second-order valence-corrected chi connectivity index (χ2v) is 7.50. The van der Waals surface area contributed by atoms with Gasteiger partial charge in [-0.3, -0.25) is 0 Å². The molecule has 2 aromatic carbocycles. The summed E-state index contributed by atoms with van der Waals surface area (Å²) in [5, 5.41) is 0. The molecule has 0 bridgehead atoms. The van der Waals surface area contributed by atoms with Crippen molar-refractivity contribution >= 4 is 10.0 Å². The van der Waals surface area contributed by atoms with Gasteiger partial charge in [-0.25, -0.2) is 13.1 Å². The van der Waals surface area contributed by atoms with Crippen molar-refractivity contribution in [1.29, 1.82) is 0 Å². The van der Waals surface area contributed by atoms with Crippen molar-refractivity contribution in [2.24, 2.45) is 0 Å². The molecule has 5 nitrogen and oxygen atoms in total. The first-order valence-electron chi connectivity index (χ1n) is 7.87. The maximum atomic E-state index is 12.8. The molecular formula is C18H21NO4S. The molecule has 0 saturated heterocycles. The van der Waals surface area contributed by atoms with Crippen LogP contribution < -0.4 is 14.2 Å². The maximum Gasteiger partial charge on any atom is 0.241 e. The first-order valence-corrected chi connectivity index (χ1v) is 9.35. The largest absolute Gasteiger partial charge is 0.493 e. The average molecular weight is 347 g/mol. The van der Waals surface area contributed by atoms with Gasteiger partial charge in [-0.15, -0.1) is 0 Å². The Kier molecular flexibility index (Phi) is 4.78. The minimum absolute atomic E-state index is 0.170. The summed E-state index contributed by atoms with van der Waals surface area (Å²) < 4.78 is 38.7. The van der Waals surface area contributed by atoms with Crippen LogP contribution in [0.15, 0.2) is 47.4 Å². The van der Waals surface area contributed by atoms with Gasteiger partial charge in [-0.1, -0.05) is 24.3 Å². The Labute approximate surface area is 142 Å². The number of hydrogen-bond acceptors (Lipinski definition) is 4. The summed E-state index contributed by atoms with van der Waals surface area (Å²) >= 11 is 0. The number of methoxy groups -OCH3 is 2. The molecular weight excluding hydrogens is 326 g/mol. The number of fused-ring (bicyclic) bond motifs is 1. The molecule has 128 valence electrons. The van der Waals surface area contributed by atoms with Gasteiger partial charge in [0.05, 0.1) is 19.1 Å². The van der Waals surface area contributed by atoms with E-state index in [0.29, 0.717) is 11.5 Å². The van der Waals surface area contributed by atoms with Gasteiger partial charge in [0.1, 0.15) is 0 Å². The second-order valence-electron chi connectivity index (χ2n) is 5.78. The second kappa shape index (κ2) is 6.83. The lowest BCUT2D eigenvalue weighted by molar-refractivity contribution is 0.354. The lowest BCUT2D eigenvalue weighted by atomic mass is 9.88. The van der Waals surface area contributed by atoms with E-state index in [1.807, 2.05) is 18.2 Å². The number of sulfonamides is 1. The van der Waals surface area contributed by atoms with Crippen LogP contribution in [0.4, 0.5) is 0 Å². The van der Waals surface area contributed by atoms with E-state index in [-0.39, 0.29) is 10.9 Å². The van der Waals surface area contributed by atoms with Crippen molar-refractivity contribution in [1.82, 2.24) is 4.72 Å². The molecule has 1 aliphatic rings. The van der Waals surface area contributed by atoms with Gasteiger partial charge in [-0.2, -0.15) is 0 Å². The number of aryl methyl sites for hydroxylation is 1. The van der Waals surface area contributed by atoms with E-state index < -0.39 is 10.0 Å². The van der Waals surface area contributed by atoms with Gasteiger partial charge < -0.3 is 9.47 Å². The third-order valence-corrected chi connectivity index (χ3v) is 5.80. The average Bonchev–Trinajstić information content (AvgIpc) is 2.61. The topological polar surface area (TPSA) is 64.6 Å². The molecule has 0 fully saturated rings. The van der Waals surface area contributed by atoms with E-state index in [1.54, 1.807) is 6.07 Å². The fraction of sp³-hybridized carbons (Fsp3) is 0.333. The highest BCUT2D eigenvalue weighted by Crippen LogP contribution is 2.33. The quantitative estimate of drug-likeness (QED) is 0.903. The summed E-state index contributed by atoms with van der Waals surface area (Å²) in [7, 11) is -0.643. The highest BCUT2D eigenvalue weighted by Gasteiger charge is 2.26. The van der Waals surface area contributed by atoms with E-state index in [1.165, 1.54) is 31.9 Å². The fourth-order valence-corrected chi connectivity index (χ4v) is 4.38. The summed E-state index contributed by atoms with van der Waals surface area (Å²) in [6, 6.07) is 12.4. The molecule has 0 amide bonds. The van der Waals surface area contributed by atoms with Gasteiger partial charge in [-0.05, 0) is 42.5 Å². The first-order chi connectivity index (χ1) is 11.5. The molecule has 2 aromatic rings. The maximum absolute atomic E-state index is 12.8. The summed E-state index contributed by atoms with van der Waals surface area (Å²) in [5.74, 6) is 0.892. The zero-order valence-corrected chi connectivity index (χ0v) is 14.6. The molecule has 0 spiro atoms. The van der Waals surface area contributed by atoms with E-state index in [2.05, 4.69) is 10.8 Å². The summed E-state index contributed by atoms with van der Waals surface area (Å²) in [6.07, 6.45) is 2.75.